The minimum atomic E-state index is -1.03. The van der Waals surface area contributed by atoms with Gasteiger partial charge in [-0.2, -0.15) is 0 Å². The van der Waals surface area contributed by atoms with Gasteiger partial charge >= 0.3 is 0 Å². The van der Waals surface area contributed by atoms with E-state index in [1.165, 1.54) is 0 Å². The van der Waals surface area contributed by atoms with Gasteiger partial charge in [0, 0.05) is 0 Å². The molecule has 3 aromatic rings. The van der Waals surface area contributed by atoms with E-state index in [0.29, 0.717) is 0 Å². The first-order valence-corrected chi connectivity index (χ1v) is 7.72. The van der Waals surface area contributed by atoms with Crippen LogP contribution in [0.5, 0.6) is 0 Å². The van der Waals surface area contributed by atoms with Gasteiger partial charge < -0.3 is 9.47 Å². The maximum absolute atomic E-state index is 8.12. The highest BCUT2D eigenvalue weighted by Crippen LogP contribution is 2.49. The molecule has 0 radical (unpaired) electrons. The van der Waals surface area contributed by atoms with Crippen LogP contribution in [-0.4, -0.2) is 6.77 Å². The zero-order valence-corrected chi connectivity index (χ0v) is 12.6. The SMILES string of the molecule is [2H][C@H]1O[C@H](c2ccccc2)C(c2ccccc2)(c2ccccc2)O1. The van der Waals surface area contributed by atoms with Gasteiger partial charge in [-0.25, -0.2) is 0 Å². The standard InChI is InChI=1S/C21H18O2/c1-4-10-17(11-5-1)20-21(23-16-22-20,18-12-6-2-7-13-18)19-14-8-3-9-15-19/h1-15,20H,16H2/t20-/m1/s1/i16D/t16-,20+/m0. The van der Waals surface area contributed by atoms with Crippen molar-refractivity contribution in [2.24, 2.45) is 0 Å². The zero-order chi connectivity index (χ0) is 16.4. The van der Waals surface area contributed by atoms with Gasteiger partial charge in [-0.3, -0.25) is 0 Å². The predicted molar refractivity (Wildman–Crippen MR) is 89.9 cm³/mol. The summed E-state index contributed by atoms with van der Waals surface area (Å²) in [6.45, 7) is -1.03. The fourth-order valence-electron chi connectivity index (χ4n) is 3.23. The molecule has 0 bridgehead atoms. The molecule has 114 valence electrons. The highest BCUT2D eigenvalue weighted by Gasteiger charge is 2.49. The normalized spacial score (nSPS) is 23.4. The molecular formula is C21H18O2. The van der Waals surface area contributed by atoms with Gasteiger partial charge in [0.05, 0.1) is 1.37 Å². The Hall–Kier alpha value is -2.42. The lowest BCUT2D eigenvalue weighted by molar-refractivity contribution is 0.0113. The molecular weight excluding hydrogens is 284 g/mol. The molecule has 3 aromatic carbocycles. The molecule has 2 nitrogen and oxygen atoms in total. The molecule has 0 aromatic heterocycles. The van der Waals surface area contributed by atoms with Gasteiger partial charge in [-0.05, 0) is 16.7 Å². The van der Waals surface area contributed by atoms with Crippen LogP contribution in [0.2, 0.25) is 0 Å². The summed E-state index contributed by atoms with van der Waals surface area (Å²) in [6, 6.07) is 30.0. The monoisotopic (exact) mass is 303 g/mol. The van der Waals surface area contributed by atoms with E-state index in [9.17, 15) is 0 Å². The summed E-state index contributed by atoms with van der Waals surface area (Å²) in [4.78, 5) is 0. The Morgan fingerprint density at radius 2 is 1.22 bits per heavy atom. The van der Waals surface area contributed by atoms with Crippen LogP contribution in [0.15, 0.2) is 91.0 Å². The first-order chi connectivity index (χ1) is 11.8. The molecule has 1 aliphatic rings. The van der Waals surface area contributed by atoms with Gasteiger partial charge in [0.1, 0.15) is 12.9 Å². The molecule has 1 fully saturated rings. The maximum atomic E-state index is 8.12. The highest BCUT2D eigenvalue weighted by molar-refractivity contribution is 5.41. The predicted octanol–water partition coefficient (Wildman–Crippen LogP) is 4.68. The van der Waals surface area contributed by atoms with Crippen molar-refractivity contribution in [1.82, 2.24) is 0 Å². The molecule has 23 heavy (non-hydrogen) atoms. The molecule has 0 aliphatic carbocycles. The fraction of sp³-hybridized carbons (Fsp3) is 0.143. The van der Waals surface area contributed by atoms with Crippen LogP contribution in [0.3, 0.4) is 0 Å². The summed E-state index contributed by atoms with van der Waals surface area (Å²) in [5.74, 6) is 0. The molecule has 1 aliphatic heterocycles. The summed E-state index contributed by atoms with van der Waals surface area (Å²) in [5.41, 5.74) is 2.13. The van der Waals surface area contributed by atoms with Crippen molar-refractivity contribution in [3.63, 3.8) is 0 Å². The Kier molecular flexibility index (Phi) is 3.40. The zero-order valence-electron chi connectivity index (χ0n) is 13.6. The first kappa shape index (κ1) is 13.1. The van der Waals surface area contributed by atoms with Crippen LogP contribution in [-0.2, 0) is 15.1 Å². The van der Waals surface area contributed by atoms with Crippen molar-refractivity contribution in [3.05, 3.63) is 108 Å². The minimum Gasteiger partial charge on any atom is -0.344 e. The minimum absolute atomic E-state index is 0.383. The summed E-state index contributed by atoms with van der Waals surface area (Å²) in [5, 5.41) is 0. The van der Waals surface area contributed by atoms with Crippen LogP contribution < -0.4 is 0 Å². The van der Waals surface area contributed by atoms with Gasteiger partial charge in [0.15, 0.2) is 5.60 Å². The third kappa shape index (κ3) is 2.37. The smallest absolute Gasteiger partial charge is 0.151 e. The third-order valence-corrected chi connectivity index (χ3v) is 4.30. The van der Waals surface area contributed by atoms with E-state index < -0.39 is 12.4 Å². The fourth-order valence-corrected chi connectivity index (χ4v) is 3.23. The lowest BCUT2D eigenvalue weighted by atomic mass is 9.79. The van der Waals surface area contributed by atoms with Gasteiger partial charge in [-0.15, -0.1) is 0 Å². The summed E-state index contributed by atoms with van der Waals surface area (Å²) in [7, 11) is 0. The van der Waals surface area contributed by atoms with E-state index in [2.05, 4.69) is 0 Å². The van der Waals surface area contributed by atoms with Crippen LogP contribution in [0, 0.1) is 0 Å². The number of benzene rings is 3. The average molecular weight is 303 g/mol. The van der Waals surface area contributed by atoms with E-state index in [1.54, 1.807) is 0 Å². The number of hydrogen-bond donors (Lipinski definition) is 0. The molecule has 0 unspecified atom stereocenters. The van der Waals surface area contributed by atoms with E-state index in [1.807, 2.05) is 91.0 Å². The van der Waals surface area contributed by atoms with Crippen molar-refractivity contribution in [3.8, 4) is 0 Å². The largest absolute Gasteiger partial charge is 0.344 e. The summed E-state index contributed by atoms with van der Waals surface area (Å²) >= 11 is 0. The molecule has 2 heteroatoms. The Labute approximate surface area is 137 Å². The van der Waals surface area contributed by atoms with Crippen LogP contribution in [0.1, 0.15) is 24.2 Å². The first-order valence-electron chi connectivity index (χ1n) is 8.30. The summed E-state index contributed by atoms with van der Waals surface area (Å²) < 4.78 is 20.2. The second-order valence-electron chi connectivity index (χ2n) is 5.61. The van der Waals surface area contributed by atoms with Crippen molar-refractivity contribution < 1.29 is 10.8 Å². The highest BCUT2D eigenvalue weighted by atomic mass is 16.7. The average Bonchev–Trinajstić information content (AvgIpc) is 3.02. The molecule has 1 heterocycles. The number of hydrogen-bond acceptors (Lipinski definition) is 2. The van der Waals surface area contributed by atoms with Crippen LogP contribution in [0.4, 0.5) is 0 Å². The molecule has 2 atom stereocenters. The molecule has 1 saturated heterocycles. The summed E-state index contributed by atoms with van der Waals surface area (Å²) in [6.07, 6.45) is -0.383. The van der Waals surface area contributed by atoms with Crippen LogP contribution >= 0.6 is 0 Å². The van der Waals surface area contributed by atoms with Crippen molar-refractivity contribution in [1.29, 1.82) is 0 Å². The molecule has 0 saturated carbocycles. The van der Waals surface area contributed by atoms with Crippen molar-refractivity contribution in [2.45, 2.75) is 11.7 Å². The molecule has 0 N–H and O–H groups in total. The Morgan fingerprint density at radius 3 is 1.74 bits per heavy atom. The van der Waals surface area contributed by atoms with Gasteiger partial charge in [-0.1, -0.05) is 91.0 Å². The number of rotatable bonds is 3. The Balaban J connectivity index is 1.95. The van der Waals surface area contributed by atoms with E-state index >= 15 is 0 Å². The maximum Gasteiger partial charge on any atom is 0.151 e. The van der Waals surface area contributed by atoms with E-state index in [0.717, 1.165) is 16.7 Å². The number of ether oxygens (including phenoxy) is 2. The molecule has 4 rings (SSSR count). The molecule has 0 spiro atoms. The Morgan fingerprint density at radius 1 is 0.739 bits per heavy atom. The topological polar surface area (TPSA) is 18.5 Å². The van der Waals surface area contributed by atoms with Crippen molar-refractivity contribution >= 4 is 0 Å². The lowest BCUT2D eigenvalue weighted by Gasteiger charge is -2.34. The molecule has 0 amide bonds. The van der Waals surface area contributed by atoms with Crippen LogP contribution in [0.25, 0.3) is 0 Å². The second kappa shape index (κ2) is 5.99. The third-order valence-electron chi connectivity index (χ3n) is 4.30. The van der Waals surface area contributed by atoms with Gasteiger partial charge in [0.2, 0.25) is 0 Å². The second-order valence-corrected chi connectivity index (χ2v) is 5.61. The van der Waals surface area contributed by atoms with E-state index in [4.69, 9.17) is 10.8 Å². The van der Waals surface area contributed by atoms with Gasteiger partial charge in [0.25, 0.3) is 0 Å². The lowest BCUT2D eigenvalue weighted by Crippen LogP contribution is -2.33. The quantitative estimate of drug-likeness (QED) is 0.699. The Bertz CT molecular complexity index is 750. The van der Waals surface area contributed by atoms with Crippen molar-refractivity contribution in [2.75, 3.05) is 6.77 Å². The van der Waals surface area contributed by atoms with E-state index in [-0.39, 0.29) is 6.10 Å².